The minimum absolute atomic E-state index is 0.298. The summed E-state index contributed by atoms with van der Waals surface area (Å²) in [6, 6.07) is 1.78. The molecule has 3 rings (SSSR count). The molecule has 0 saturated carbocycles. The molecule has 2 amide bonds. The van der Waals surface area contributed by atoms with Gasteiger partial charge >= 0.3 is 5.97 Å². The quantitative estimate of drug-likeness (QED) is 0.329. The van der Waals surface area contributed by atoms with E-state index >= 15 is 0 Å². The van der Waals surface area contributed by atoms with E-state index in [1.165, 1.54) is 0 Å². The Bertz CT molecular complexity index is 810. The van der Waals surface area contributed by atoms with Crippen molar-refractivity contribution < 1.29 is 23.9 Å². The number of ketones is 1. The predicted octanol–water partition coefficient (Wildman–Crippen LogP) is 1.80. The number of allylic oxidation sites excluding steroid dienone is 2. The summed E-state index contributed by atoms with van der Waals surface area (Å²) in [5, 5.41) is 0. The first kappa shape index (κ1) is 19.1. The number of amides is 2. The molecule has 1 aromatic heterocycles. The Kier molecular flexibility index (Phi) is 5.30. The predicted molar refractivity (Wildman–Crippen MR) is 96.9 cm³/mol. The lowest BCUT2D eigenvalue weighted by Gasteiger charge is -2.14. The Morgan fingerprint density at radius 1 is 1.11 bits per heavy atom. The van der Waals surface area contributed by atoms with Crippen LogP contribution in [0.4, 0.5) is 0 Å². The molecule has 2 atom stereocenters. The van der Waals surface area contributed by atoms with Crippen molar-refractivity contribution >= 4 is 23.6 Å². The Balaban J connectivity index is 1.58. The fourth-order valence-corrected chi connectivity index (χ4v) is 3.99. The molecule has 0 unspecified atom stereocenters. The Morgan fingerprint density at radius 2 is 1.70 bits per heavy atom. The number of nitrogens with zero attached hydrogens (tertiary/aromatic N) is 2. The van der Waals surface area contributed by atoms with Crippen LogP contribution in [-0.4, -0.2) is 46.2 Å². The van der Waals surface area contributed by atoms with Crippen molar-refractivity contribution in [2.24, 2.45) is 11.8 Å². The zero-order chi connectivity index (χ0) is 19.7. The molecule has 7 nitrogen and oxygen atoms in total. The van der Waals surface area contributed by atoms with Crippen LogP contribution in [0.1, 0.15) is 41.5 Å². The average molecular weight is 372 g/mol. The van der Waals surface area contributed by atoms with Crippen molar-refractivity contribution in [2.75, 3.05) is 13.2 Å². The third-order valence-corrected chi connectivity index (χ3v) is 5.44. The van der Waals surface area contributed by atoms with Gasteiger partial charge < -0.3 is 9.30 Å². The van der Waals surface area contributed by atoms with Crippen LogP contribution >= 0.6 is 0 Å². The van der Waals surface area contributed by atoms with E-state index in [9.17, 15) is 19.2 Å². The smallest absolute Gasteiger partial charge is 0.326 e. The second-order valence-electron chi connectivity index (χ2n) is 7.03. The monoisotopic (exact) mass is 372 g/mol. The number of Topliss-reactive ketones (excluding diaryl/α,β-unsaturated/α-hetero) is 1. The number of aryl methyl sites for hydroxylation is 1. The van der Waals surface area contributed by atoms with Crippen molar-refractivity contribution in [3.63, 3.8) is 0 Å². The van der Waals surface area contributed by atoms with E-state index in [1.54, 1.807) is 6.07 Å². The molecule has 0 radical (unpaired) electrons. The van der Waals surface area contributed by atoms with Crippen molar-refractivity contribution in [3.8, 4) is 0 Å². The van der Waals surface area contributed by atoms with Crippen LogP contribution in [0.2, 0.25) is 0 Å². The van der Waals surface area contributed by atoms with Crippen LogP contribution in [0, 0.1) is 25.7 Å². The molecule has 2 heterocycles. The molecule has 1 aliphatic carbocycles. The molecule has 1 fully saturated rings. The minimum Gasteiger partial charge on any atom is -0.456 e. The van der Waals surface area contributed by atoms with E-state index in [0.29, 0.717) is 18.4 Å². The molecular weight excluding hydrogens is 348 g/mol. The number of carbonyl (C=O) groups excluding carboxylic acids is 4. The summed E-state index contributed by atoms with van der Waals surface area (Å²) in [7, 11) is 0. The normalized spacial score (nSPS) is 21.5. The number of imide groups is 1. The van der Waals surface area contributed by atoms with E-state index in [4.69, 9.17) is 4.74 Å². The highest BCUT2D eigenvalue weighted by atomic mass is 16.5. The summed E-state index contributed by atoms with van der Waals surface area (Å²) in [6.45, 7) is 5.66. The van der Waals surface area contributed by atoms with E-state index in [2.05, 4.69) is 0 Å². The van der Waals surface area contributed by atoms with Crippen molar-refractivity contribution in [1.29, 1.82) is 0 Å². The molecule has 2 aliphatic rings. The summed E-state index contributed by atoms with van der Waals surface area (Å²) in [5.41, 5.74) is 2.32. The highest BCUT2D eigenvalue weighted by Gasteiger charge is 2.47. The summed E-state index contributed by atoms with van der Waals surface area (Å²) in [5.74, 6) is -2.46. The molecular formula is C20H24N2O5. The Hall–Kier alpha value is -2.70. The highest BCUT2D eigenvalue weighted by molar-refractivity contribution is 6.07. The van der Waals surface area contributed by atoms with Gasteiger partial charge in [0.15, 0.2) is 6.61 Å². The fraction of sp³-hybridized carbons (Fsp3) is 0.500. The van der Waals surface area contributed by atoms with Crippen LogP contribution in [0.25, 0.3) is 0 Å². The first-order chi connectivity index (χ1) is 12.8. The SMILES string of the molecule is CCn1c(C)cc(C(=O)COC(=O)CN2C(=O)[C@H]3CC=CC[C@@H]3C2=O)c1C. The van der Waals surface area contributed by atoms with Gasteiger partial charge in [-0.25, -0.2) is 0 Å². The zero-order valence-electron chi connectivity index (χ0n) is 15.9. The zero-order valence-corrected chi connectivity index (χ0v) is 15.9. The molecule has 1 aliphatic heterocycles. The molecule has 0 spiro atoms. The number of aromatic nitrogens is 1. The summed E-state index contributed by atoms with van der Waals surface area (Å²) >= 11 is 0. The Morgan fingerprint density at radius 3 is 2.22 bits per heavy atom. The van der Waals surface area contributed by atoms with Gasteiger partial charge in [0.25, 0.3) is 0 Å². The third kappa shape index (κ3) is 3.46. The van der Waals surface area contributed by atoms with Crippen molar-refractivity contribution in [1.82, 2.24) is 9.47 Å². The van der Waals surface area contributed by atoms with Crippen LogP contribution in [0.3, 0.4) is 0 Å². The average Bonchev–Trinajstić information content (AvgIpc) is 3.08. The van der Waals surface area contributed by atoms with Crippen LogP contribution in [0.5, 0.6) is 0 Å². The van der Waals surface area contributed by atoms with Crippen molar-refractivity contribution in [3.05, 3.63) is 35.2 Å². The van der Waals surface area contributed by atoms with Crippen molar-refractivity contribution in [2.45, 2.75) is 40.2 Å². The Labute approximate surface area is 158 Å². The van der Waals surface area contributed by atoms with Gasteiger partial charge in [-0.1, -0.05) is 12.2 Å². The summed E-state index contributed by atoms with van der Waals surface area (Å²) in [4.78, 5) is 50.2. The third-order valence-electron chi connectivity index (χ3n) is 5.44. The molecule has 7 heteroatoms. The number of esters is 1. The number of hydrogen-bond donors (Lipinski definition) is 0. The fourth-order valence-electron chi connectivity index (χ4n) is 3.99. The van der Waals surface area contributed by atoms with Crippen LogP contribution in [-0.2, 0) is 25.7 Å². The van der Waals surface area contributed by atoms with E-state index in [1.807, 2.05) is 37.5 Å². The number of ether oxygens (including phenoxy) is 1. The minimum atomic E-state index is -0.749. The highest BCUT2D eigenvalue weighted by Crippen LogP contribution is 2.34. The van der Waals surface area contributed by atoms with Crippen LogP contribution < -0.4 is 0 Å². The maximum Gasteiger partial charge on any atom is 0.326 e. The molecule has 27 heavy (non-hydrogen) atoms. The van der Waals surface area contributed by atoms with Crippen LogP contribution in [0.15, 0.2) is 18.2 Å². The van der Waals surface area contributed by atoms with E-state index in [-0.39, 0.29) is 29.4 Å². The van der Waals surface area contributed by atoms with Gasteiger partial charge in [-0.15, -0.1) is 0 Å². The topological polar surface area (TPSA) is 85.7 Å². The van der Waals surface area contributed by atoms with Gasteiger partial charge in [0, 0.05) is 23.5 Å². The standard InChI is InChI=1S/C20H24N2O5/c1-4-21-12(2)9-16(13(21)3)17(23)11-27-18(24)10-22-19(25)14-7-5-6-8-15(14)20(22)26/h5-6,9,14-15H,4,7-8,10-11H2,1-3H3/t14-,15-/m0/s1. The summed E-state index contributed by atoms with van der Waals surface area (Å²) < 4.78 is 7.05. The lowest BCUT2D eigenvalue weighted by molar-refractivity contribution is -0.152. The van der Waals surface area contributed by atoms with E-state index in [0.717, 1.165) is 22.8 Å². The number of carbonyl (C=O) groups is 4. The van der Waals surface area contributed by atoms with Gasteiger partial charge in [-0.3, -0.25) is 24.1 Å². The first-order valence-corrected chi connectivity index (χ1v) is 9.20. The lowest BCUT2D eigenvalue weighted by Crippen LogP contribution is -2.37. The number of fused-ring (bicyclic) bond motifs is 1. The molecule has 0 N–H and O–H groups in total. The number of rotatable bonds is 6. The number of hydrogen-bond acceptors (Lipinski definition) is 5. The molecule has 0 bridgehead atoms. The van der Waals surface area contributed by atoms with Gasteiger partial charge in [-0.05, 0) is 39.7 Å². The lowest BCUT2D eigenvalue weighted by atomic mass is 9.85. The molecule has 1 saturated heterocycles. The second-order valence-corrected chi connectivity index (χ2v) is 7.03. The summed E-state index contributed by atoms with van der Waals surface area (Å²) in [6.07, 6.45) is 4.82. The van der Waals surface area contributed by atoms with Gasteiger partial charge in [0.05, 0.1) is 11.8 Å². The molecule has 1 aromatic rings. The van der Waals surface area contributed by atoms with Gasteiger partial charge in [-0.2, -0.15) is 0 Å². The molecule has 0 aromatic carbocycles. The maximum atomic E-state index is 12.4. The van der Waals surface area contributed by atoms with Gasteiger partial charge in [0.1, 0.15) is 6.54 Å². The second kappa shape index (κ2) is 7.50. The largest absolute Gasteiger partial charge is 0.456 e. The maximum absolute atomic E-state index is 12.4. The van der Waals surface area contributed by atoms with E-state index < -0.39 is 19.1 Å². The number of likely N-dealkylation sites (tertiary alicyclic amines) is 1. The van der Waals surface area contributed by atoms with Gasteiger partial charge in [0.2, 0.25) is 17.6 Å². The first-order valence-electron chi connectivity index (χ1n) is 9.20. The molecule has 144 valence electrons.